The van der Waals surface area contributed by atoms with Crippen LogP contribution in [0.4, 0.5) is 0 Å². The summed E-state index contributed by atoms with van der Waals surface area (Å²) >= 11 is 0. The molecule has 1 atom stereocenters. The van der Waals surface area contributed by atoms with E-state index in [1.807, 2.05) is 50.3 Å². The topological polar surface area (TPSA) is 78.9 Å². The fourth-order valence-electron chi connectivity index (χ4n) is 3.34. The number of benzene rings is 2. The standard InChI is InChI=1S/C24H24O6/c1-14(2)10-11-18-21(28-15(3)25)13-22(29-16(4)26)23-19(27)12-20(30-24(18)23)17-8-6-5-7-9-17/h5-10,13,20H,11-12H2,1-4H3/t20-/m0/s1. The molecule has 0 aromatic heterocycles. The molecule has 0 radical (unpaired) electrons. The van der Waals surface area contributed by atoms with Gasteiger partial charge in [-0.3, -0.25) is 14.4 Å². The molecular formula is C24H24O6. The fraction of sp³-hybridized carbons (Fsp3) is 0.292. The predicted octanol–water partition coefficient (Wildman–Crippen LogP) is 4.75. The number of esters is 2. The van der Waals surface area contributed by atoms with Crippen molar-refractivity contribution in [3.63, 3.8) is 0 Å². The van der Waals surface area contributed by atoms with Crippen LogP contribution < -0.4 is 14.2 Å². The molecule has 0 bridgehead atoms. The third kappa shape index (κ3) is 4.76. The molecule has 6 nitrogen and oxygen atoms in total. The molecule has 30 heavy (non-hydrogen) atoms. The van der Waals surface area contributed by atoms with Gasteiger partial charge in [-0.1, -0.05) is 42.0 Å². The SMILES string of the molecule is CC(=O)Oc1cc(OC(C)=O)c2c(c1CC=C(C)C)O[C@H](c1ccccc1)CC2=O. The summed E-state index contributed by atoms with van der Waals surface area (Å²) in [6.45, 7) is 6.43. The highest BCUT2D eigenvalue weighted by atomic mass is 16.5. The number of fused-ring (bicyclic) bond motifs is 1. The molecule has 1 aliphatic rings. The van der Waals surface area contributed by atoms with Crippen molar-refractivity contribution in [1.82, 2.24) is 0 Å². The maximum absolute atomic E-state index is 13.1. The Morgan fingerprint density at radius 2 is 1.67 bits per heavy atom. The smallest absolute Gasteiger partial charge is 0.308 e. The van der Waals surface area contributed by atoms with Gasteiger partial charge in [-0.25, -0.2) is 0 Å². The number of Topliss-reactive ketones (excluding diaryl/α,β-unsaturated/α-hetero) is 1. The molecule has 1 aliphatic heterocycles. The van der Waals surface area contributed by atoms with Crippen molar-refractivity contribution in [1.29, 1.82) is 0 Å². The number of rotatable bonds is 5. The second-order valence-electron chi connectivity index (χ2n) is 7.37. The molecule has 0 N–H and O–H groups in total. The Hall–Kier alpha value is -3.41. The first-order valence-electron chi connectivity index (χ1n) is 9.71. The quantitative estimate of drug-likeness (QED) is 0.403. The monoisotopic (exact) mass is 408 g/mol. The first kappa shape index (κ1) is 21.3. The van der Waals surface area contributed by atoms with Crippen molar-refractivity contribution >= 4 is 17.7 Å². The number of hydrogen-bond donors (Lipinski definition) is 0. The van der Waals surface area contributed by atoms with Gasteiger partial charge in [-0.2, -0.15) is 0 Å². The van der Waals surface area contributed by atoms with Gasteiger partial charge in [0, 0.05) is 25.5 Å². The van der Waals surface area contributed by atoms with E-state index in [2.05, 4.69) is 0 Å². The molecule has 0 amide bonds. The van der Waals surface area contributed by atoms with Crippen molar-refractivity contribution in [2.24, 2.45) is 0 Å². The molecule has 1 heterocycles. The molecule has 0 spiro atoms. The second kappa shape index (κ2) is 8.95. The maximum Gasteiger partial charge on any atom is 0.308 e. The van der Waals surface area contributed by atoms with Gasteiger partial charge < -0.3 is 14.2 Å². The van der Waals surface area contributed by atoms with Crippen molar-refractivity contribution in [2.45, 2.75) is 46.6 Å². The summed E-state index contributed by atoms with van der Waals surface area (Å²) in [4.78, 5) is 36.4. The number of hydrogen-bond acceptors (Lipinski definition) is 6. The van der Waals surface area contributed by atoms with Crippen LogP contribution in [0.1, 0.15) is 61.7 Å². The maximum atomic E-state index is 13.1. The summed E-state index contributed by atoms with van der Waals surface area (Å²) in [5, 5.41) is 0. The van der Waals surface area contributed by atoms with Gasteiger partial charge >= 0.3 is 11.9 Å². The van der Waals surface area contributed by atoms with Crippen LogP contribution in [0.15, 0.2) is 48.0 Å². The van der Waals surface area contributed by atoms with E-state index in [1.54, 1.807) is 0 Å². The van der Waals surface area contributed by atoms with Crippen LogP contribution >= 0.6 is 0 Å². The zero-order chi connectivity index (χ0) is 21.8. The number of ether oxygens (including phenoxy) is 3. The molecule has 0 unspecified atom stereocenters. The van der Waals surface area contributed by atoms with Gasteiger partial charge in [0.25, 0.3) is 0 Å². The number of allylic oxidation sites excluding steroid dienone is 2. The summed E-state index contributed by atoms with van der Waals surface area (Å²) in [7, 11) is 0. The normalized spacial score (nSPS) is 14.9. The molecule has 156 valence electrons. The van der Waals surface area contributed by atoms with Crippen molar-refractivity contribution in [2.75, 3.05) is 0 Å². The van der Waals surface area contributed by atoms with Gasteiger partial charge in [-0.15, -0.1) is 0 Å². The van der Waals surface area contributed by atoms with E-state index in [1.165, 1.54) is 19.9 Å². The Labute approximate surface area is 175 Å². The number of carbonyl (C=O) groups excluding carboxylic acids is 3. The highest BCUT2D eigenvalue weighted by molar-refractivity contribution is 6.04. The van der Waals surface area contributed by atoms with E-state index in [-0.39, 0.29) is 35.0 Å². The Bertz CT molecular complexity index is 1020. The second-order valence-corrected chi connectivity index (χ2v) is 7.37. The highest BCUT2D eigenvalue weighted by Crippen LogP contribution is 2.46. The fourth-order valence-corrected chi connectivity index (χ4v) is 3.34. The minimum absolute atomic E-state index is 0.0335. The third-order valence-corrected chi connectivity index (χ3v) is 4.61. The lowest BCUT2D eigenvalue weighted by Crippen LogP contribution is -2.23. The Balaban J connectivity index is 2.21. The van der Waals surface area contributed by atoms with Gasteiger partial charge in [-0.05, 0) is 25.8 Å². The first-order chi connectivity index (χ1) is 14.3. The van der Waals surface area contributed by atoms with Crippen molar-refractivity contribution in [3.8, 4) is 17.2 Å². The zero-order valence-corrected chi connectivity index (χ0v) is 17.5. The summed E-state index contributed by atoms with van der Waals surface area (Å²) in [6.07, 6.45) is 1.96. The van der Waals surface area contributed by atoms with Crippen LogP contribution in [-0.4, -0.2) is 17.7 Å². The van der Waals surface area contributed by atoms with Gasteiger partial charge in [0.2, 0.25) is 0 Å². The minimum Gasteiger partial charge on any atom is -0.484 e. The lowest BCUT2D eigenvalue weighted by molar-refractivity contribution is -0.132. The Morgan fingerprint density at radius 3 is 2.27 bits per heavy atom. The third-order valence-electron chi connectivity index (χ3n) is 4.61. The number of carbonyl (C=O) groups is 3. The molecule has 6 heteroatoms. The largest absolute Gasteiger partial charge is 0.484 e. The lowest BCUT2D eigenvalue weighted by atomic mass is 9.92. The van der Waals surface area contributed by atoms with Crippen LogP contribution in [0.5, 0.6) is 17.2 Å². The van der Waals surface area contributed by atoms with E-state index in [0.29, 0.717) is 12.0 Å². The van der Waals surface area contributed by atoms with Crippen LogP contribution in [0, 0.1) is 0 Å². The highest BCUT2D eigenvalue weighted by Gasteiger charge is 2.35. The summed E-state index contributed by atoms with van der Waals surface area (Å²) in [6, 6.07) is 10.8. The van der Waals surface area contributed by atoms with Crippen molar-refractivity contribution < 1.29 is 28.6 Å². The molecule has 0 saturated heterocycles. The van der Waals surface area contributed by atoms with E-state index in [0.717, 1.165) is 11.1 Å². The summed E-state index contributed by atoms with van der Waals surface area (Å²) in [5.41, 5.74) is 2.68. The molecule has 0 aliphatic carbocycles. The first-order valence-corrected chi connectivity index (χ1v) is 9.71. The average molecular weight is 408 g/mol. The van der Waals surface area contributed by atoms with E-state index < -0.39 is 18.0 Å². The average Bonchev–Trinajstić information content (AvgIpc) is 2.66. The molecular weight excluding hydrogens is 384 g/mol. The molecule has 2 aromatic rings. The van der Waals surface area contributed by atoms with Crippen LogP contribution in [0.25, 0.3) is 0 Å². The van der Waals surface area contributed by atoms with E-state index in [9.17, 15) is 14.4 Å². The van der Waals surface area contributed by atoms with Gasteiger partial charge in [0.15, 0.2) is 5.78 Å². The van der Waals surface area contributed by atoms with E-state index in [4.69, 9.17) is 14.2 Å². The molecule has 2 aromatic carbocycles. The van der Waals surface area contributed by atoms with E-state index >= 15 is 0 Å². The molecule has 3 rings (SSSR count). The zero-order valence-electron chi connectivity index (χ0n) is 17.5. The lowest BCUT2D eigenvalue weighted by Gasteiger charge is -2.29. The Kier molecular flexibility index (Phi) is 6.35. The summed E-state index contributed by atoms with van der Waals surface area (Å²) in [5.74, 6) is -0.783. The molecule has 0 saturated carbocycles. The Morgan fingerprint density at radius 1 is 1.03 bits per heavy atom. The summed E-state index contributed by atoms with van der Waals surface area (Å²) < 4.78 is 16.9. The number of ketones is 1. The van der Waals surface area contributed by atoms with Crippen molar-refractivity contribution in [3.05, 3.63) is 64.7 Å². The van der Waals surface area contributed by atoms with Crippen LogP contribution in [0.2, 0.25) is 0 Å². The minimum atomic E-state index is -0.582. The van der Waals surface area contributed by atoms with Gasteiger partial charge in [0.1, 0.15) is 28.9 Å². The predicted molar refractivity (Wildman–Crippen MR) is 111 cm³/mol. The van der Waals surface area contributed by atoms with Crippen LogP contribution in [-0.2, 0) is 16.0 Å². The van der Waals surface area contributed by atoms with Crippen LogP contribution in [0.3, 0.4) is 0 Å². The van der Waals surface area contributed by atoms with Gasteiger partial charge in [0.05, 0.1) is 6.42 Å². The molecule has 0 fully saturated rings.